The molecule has 0 spiro atoms. The van der Waals surface area contributed by atoms with Crippen LogP contribution in [0.2, 0.25) is 0 Å². The molecule has 2 aromatic carbocycles. The first-order valence-corrected chi connectivity index (χ1v) is 10.1. The minimum absolute atomic E-state index is 0.106. The summed E-state index contributed by atoms with van der Waals surface area (Å²) in [4.78, 5) is 12.5. The van der Waals surface area contributed by atoms with Gasteiger partial charge in [-0.1, -0.05) is 42.0 Å². The van der Waals surface area contributed by atoms with Crippen LogP contribution in [0.4, 0.5) is 0 Å². The van der Waals surface area contributed by atoms with Gasteiger partial charge in [0.05, 0.1) is 19.8 Å². The number of benzene rings is 2. The van der Waals surface area contributed by atoms with Crippen molar-refractivity contribution in [2.24, 2.45) is 5.92 Å². The van der Waals surface area contributed by atoms with Gasteiger partial charge in [-0.25, -0.2) is 0 Å². The molecule has 0 bridgehead atoms. The zero-order valence-corrected chi connectivity index (χ0v) is 17.2. The van der Waals surface area contributed by atoms with E-state index in [1.165, 1.54) is 0 Å². The maximum atomic E-state index is 12.5. The number of carbonyl (C=O) groups excluding carboxylic acids is 1. The largest absolute Gasteiger partial charge is 0.485 e. The molecule has 5 heteroatoms. The number of fused-ring (bicyclic) bond motifs is 1. The van der Waals surface area contributed by atoms with Gasteiger partial charge >= 0.3 is 0 Å². The molecule has 154 valence electrons. The topological polar surface area (TPSA) is 54.0 Å². The molecule has 2 saturated heterocycles. The van der Waals surface area contributed by atoms with Gasteiger partial charge < -0.3 is 18.9 Å². The van der Waals surface area contributed by atoms with Crippen molar-refractivity contribution in [2.45, 2.75) is 38.1 Å². The predicted molar refractivity (Wildman–Crippen MR) is 110 cm³/mol. The normalized spacial score (nSPS) is 28.3. The molecule has 0 amide bonds. The van der Waals surface area contributed by atoms with Crippen LogP contribution in [0, 0.1) is 12.8 Å². The first kappa shape index (κ1) is 20.1. The van der Waals surface area contributed by atoms with Crippen LogP contribution in [-0.4, -0.2) is 50.5 Å². The van der Waals surface area contributed by atoms with Gasteiger partial charge in [-0.05, 0) is 31.5 Å². The van der Waals surface area contributed by atoms with Gasteiger partial charge in [0.1, 0.15) is 17.5 Å². The molecule has 2 fully saturated rings. The molecule has 2 aromatic rings. The highest BCUT2D eigenvalue weighted by molar-refractivity contribution is 5.97. The fraction of sp³-hybridized carbons (Fsp3) is 0.458. The third-order valence-corrected chi connectivity index (χ3v) is 6.07. The van der Waals surface area contributed by atoms with Gasteiger partial charge in [-0.2, -0.15) is 0 Å². The van der Waals surface area contributed by atoms with E-state index in [4.69, 9.17) is 18.9 Å². The molecule has 5 nitrogen and oxygen atoms in total. The Hall–Kier alpha value is -2.21. The van der Waals surface area contributed by atoms with Crippen molar-refractivity contribution in [3.05, 3.63) is 65.2 Å². The fourth-order valence-electron chi connectivity index (χ4n) is 4.21. The summed E-state index contributed by atoms with van der Waals surface area (Å²) < 4.78 is 23.5. The lowest BCUT2D eigenvalue weighted by atomic mass is 9.87. The second-order valence-corrected chi connectivity index (χ2v) is 8.17. The predicted octanol–water partition coefficient (Wildman–Crippen LogP) is 3.62. The number of aryl methyl sites for hydroxylation is 1. The summed E-state index contributed by atoms with van der Waals surface area (Å²) in [6.45, 7) is 5.82. The Balaban J connectivity index is 1.36. The number of hydrogen-bond donors (Lipinski definition) is 0. The molecule has 4 unspecified atom stereocenters. The van der Waals surface area contributed by atoms with Crippen LogP contribution < -0.4 is 4.74 Å². The van der Waals surface area contributed by atoms with Crippen molar-refractivity contribution in [3.8, 4) is 5.75 Å². The van der Waals surface area contributed by atoms with Crippen molar-refractivity contribution in [3.63, 3.8) is 0 Å². The van der Waals surface area contributed by atoms with Crippen molar-refractivity contribution in [2.75, 3.05) is 26.9 Å². The summed E-state index contributed by atoms with van der Waals surface area (Å²) in [7, 11) is 1.70. The van der Waals surface area contributed by atoms with E-state index >= 15 is 0 Å². The second-order valence-electron chi connectivity index (χ2n) is 8.17. The standard InChI is InChI=1S/C24H28O5/c1-16-4-8-18(9-5-16)21(25)12-17-6-10-20(11-7-17)29-22-15-28-24(2)19(13-26-3)14-27-23(22)24/h4-11,19,22-23H,12-15H2,1-3H3. The smallest absolute Gasteiger partial charge is 0.167 e. The minimum atomic E-state index is -0.374. The third kappa shape index (κ3) is 4.08. The Kier molecular flexibility index (Phi) is 5.72. The van der Waals surface area contributed by atoms with Crippen molar-refractivity contribution >= 4 is 5.78 Å². The van der Waals surface area contributed by atoms with Crippen LogP contribution in [0.1, 0.15) is 28.4 Å². The number of Topliss-reactive ketones (excluding diaryl/α,β-unsaturated/α-hetero) is 1. The van der Waals surface area contributed by atoms with Crippen LogP contribution in [0.3, 0.4) is 0 Å². The quantitative estimate of drug-likeness (QED) is 0.669. The molecule has 0 aliphatic carbocycles. The van der Waals surface area contributed by atoms with Crippen molar-refractivity contribution < 1.29 is 23.7 Å². The molecule has 2 heterocycles. The van der Waals surface area contributed by atoms with Crippen molar-refractivity contribution in [1.29, 1.82) is 0 Å². The Morgan fingerprint density at radius 3 is 2.52 bits per heavy atom. The molecule has 0 saturated carbocycles. The zero-order valence-electron chi connectivity index (χ0n) is 17.2. The lowest BCUT2D eigenvalue weighted by Crippen LogP contribution is -2.43. The molecule has 29 heavy (non-hydrogen) atoms. The third-order valence-electron chi connectivity index (χ3n) is 6.07. The Bertz CT molecular complexity index is 845. The molecule has 0 N–H and O–H groups in total. The average molecular weight is 396 g/mol. The lowest BCUT2D eigenvalue weighted by molar-refractivity contribution is -0.0439. The molecular weight excluding hydrogens is 368 g/mol. The number of hydrogen-bond acceptors (Lipinski definition) is 5. The van der Waals surface area contributed by atoms with Crippen LogP contribution in [-0.2, 0) is 20.6 Å². The van der Waals surface area contributed by atoms with E-state index in [2.05, 4.69) is 6.92 Å². The van der Waals surface area contributed by atoms with Gasteiger partial charge in [-0.3, -0.25) is 4.79 Å². The second kappa shape index (κ2) is 8.27. The molecular formula is C24H28O5. The minimum Gasteiger partial charge on any atom is -0.485 e. The molecule has 0 aromatic heterocycles. The van der Waals surface area contributed by atoms with Gasteiger partial charge in [0, 0.05) is 25.0 Å². The molecule has 2 aliphatic rings. The highest BCUT2D eigenvalue weighted by Crippen LogP contribution is 2.42. The van der Waals surface area contributed by atoms with Crippen LogP contribution in [0.25, 0.3) is 0 Å². The summed E-state index contributed by atoms with van der Waals surface area (Å²) >= 11 is 0. The van der Waals surface area contributed by atoms with E-state index in [9.17, 15) is 4.79 Å². The van der Waals surface area contributed by atoms with Gasteiger partial charge in [0.2, 0.25) is 0 Å². The maximum Gasteiger partial charge on any atom is 0.167 e. The summed E-state index contributed by atoms with van der Waals surface area (Å²) in [5, 5.41) is 0. The van der Waals surface area contributed by atoms with Gasteiger partial charge in [0.15, 0.2) is 11.9 Å². The van der Waals surface area contributed by atoms with Crippen molar-refractivity contribution in [1.82, 2.24) is 0 Å². The van der Waals surface area contributed by atoms with E-state index in [-0.39, 0.29) is 29.5 Å². The monoisotopic (exact) mass is 396 g/mol. The zero-order chi connectivity index (χ0) is 20.4. The lowest BCUT2D eigenvalue weighted by Gasteiger charge is -2.28. The highest BCUT2D eigenvalue weighted by atomic mass is 16.6. The van der Waals surface area contributed by atoms with Crippen LogP contribution in [0.15, 0.2) is 48.5 Å². The van der Waals surface area contributed by atoms with Crippen LogP contribution >= 0.6 is 0 Å². The first-order valence-electron chi connectivity index (χ1n) is 10.1. The fourth-order valence-corrected chi connectivity index (χ4v) is 4.21. The Morgan fingerprint density at radius 2 is 1.83 bits per heavy atom. The average Bonchev–Trinajstić information content (AvgIpc) is 3.20. The van der Waals surface area contributed by atoms with Gasteiger partial charge in [0.25, 0.3) is 0 Å². The molecule has 4 atom stereocenters. The Labute approximate surface area is 171 Å². The molecule has 2 aliphatic heterocycles. The van der Waals surface area contributed by atoms with E-state index in [0.29, 0.717) is 26.2 Å². The summed E-state index contributed by atoms with van der Waals surface area (Å²) in [5.74, 6) is 1.08. The number of methoxy groups -OCH3 is 1. The summed E-state index contributed by atoms with van der Waals surface area (Å²) in [6.07, 6.45) is 0.116. The van der Waals surface area contributed by atoms with E-state index in [1.807, 2.05) is 55.5 Å². The first-order chi connectivity index (χ1) is 14.0. The number of carbonyl (C=O) groups is 1. The molecule has 4 rings (SSSR count). The van der Waals surface area contributed by atoms with E-state index < -0.39 is 0 Å². The Morgan fingerprint density at radius 1 is 1.10 bits per heavy atom. The van der Waals surface area contributed by atoms with E-state index in [1.54, 1.807) is 7.11 Å². The summed E-state index contributed by atoms with van der Waals surface area (Å²) in [6, 6.07) is 15.4. The number of ether oxygens (including phenoxy) is 4. The van der Waals surface area contributed by atoms with Gasteiger partial charge in [-0.15, -0.1) is 0 Å². The molecule has 0 radical (unpaired) electrons. The van der Waals surface area contributed by atoms with E-state index in [0.717, 1.165) is 22.4 Å². The number of ketones is 1. The summed E-state index contributed by atoms with van der Waals surface area (Å²) in [5.41, 5.74) is 2.48. The maximum absolute atomic E-state index is 12.5. The highest BCUT2D eigenvalue weighted by Gasteiger charge is 2.57. The van der Waals surface area contributed by atoms with Crippen LogP contribution in [0.5, 0.6) is 5.75 Å². The number of rotatable bonds is 7. The SMILES string of the molecule is COCC1COC2C(Oc3ccc(CC(=O)c4ccc(C)cc4)cc3)COC12C.